The first-order valence-corrected chi connectivity index (χ1v) is 33.9. The zero-order chi connectivity index (χ0) is 57.3. The molecule has 13 atom stereocenters. The van der Waals surface area contributed by atoms with Crippen molar-refractivity contribution in [3.63, 3.8) is 0 Å². The lowest BCUT2D eigenvalue weighted by atomic mass is 9.52. The van der Waals surface area contributed by atoms with Gasteiger partial charge < -0.3 is 0 Å². The van der Waals surface area contributed by atoms with Crippen molar-refractivity contribution >= 4 is 0 Å². The van der Waals surface area contributed by atoms with Crippen molar-refractivity contribution in [1.82, 2.24) is 0 Å². The SMILES string of the molecule is C1=CC2CC1C1C3c4ccccc4C(c4ccccc43)C21.C1=CC2CC1CC2CCc1ccc(-c2ccccc2)cc1.C1=CC2CC1CC2CCc1ccccc1-c1ccccc1.CCc1ccc(-c2ccc(CCC3CC4C=CC3C4)cc2)cc1. The molecule has 10 bridgehead atoms. The Hall–Kier alpha value is -7.28. The van der Waals surface area contributed by atoms with E-state index in [2.05, 4.69) is 262 Å². The monoisotopic (exact) mass is 1120 g/mol. The van der Waals surface area contributed by atoms with E-state index < -0.39 is 0 Å². The second kappa shape index (κ2) is 24.8. The van der Waals surface area contributed by atoms with Crippen LogP contribution < -0.4 is 0 Å². The minimum Gasteiger partial charge on any atom is -0.0851 e. The van der Waals surface area contributed by atoms with E-state index in [1.807, 2.05) is 0 Å². The maximum atomic E-state index is 2.53. The van der Waals surface area contributed by atoms with Crippen LogP contribution in [0, 0.1) is 76.9 Å². The van der Waals surface area contributed by atoms with Crippen molar-refractivity contribution in [3.05, 3.63) is 299 Å². The fraction of sp³-hybridized carbons (Fsp3) is 0.349. The van der Waals surface area contributed by atoms with E-state index in [-0.39, 0.29) is 0 Å². The van der Waals surface area contributed by atoms with Crippen LogP contribution in [0.1, 0.15) is 127 Å². The van der Waals surface area contributed by atoms with E-state index in [1.165, 1.54) is 139 Å². The van der Waals surface area contributed by atoms with Crippen molar-refractivity contribution in [1.29, 1.82) is 0 Å². The number of hydrogen-bond acceptors (Lipinski definition) is 0. The van der Waals surface area contributed by atoms with E-state index in [0.29, 0.717) is 11.8 Å². The number of allylic oxidation sites excluding steroid dienone is 8. The van der Waals surface area contributed by atoms with Crippen LogP contribution in [-0.2, 0) is 25.7 Å². The van der Waals surface area contributed by atoms with E-state index in [4.69, 9.17) is 0 Å². The summed E-state index contributed by atoms with van der Waals surface area (Å²) in [5, 5.41) is 0. The Morgan fingerprint density at radius 3 is 1.02 bits per heavy atom. The highest BCUT2D eigenvalue weighted by molar-refractivity contribution is 5.68. The molecule has 0 radical (unpaired) electrons. The molecule has 86 heavy (non-hydrogen) atoms. The third-order valence-corrected chi connectivity index (χ3v) is 23.1. The summed E-state index contributed by atoms with van der Waals surface area (Å²) >= 11 is 0. The first kappa shape index (κ1) is 55.3. The zero-order valence-electron chi connectivity index (χ0n) is 50.8. The average molecular weight is 1120 g/mol. The molecule has 432 valence electrons. The summed E-state index contributed by atoms with van der Waals surface area (Å²) in [5.74, 6) is 12.8. The molecular weight excluding hydrogens is 1030 g/mol. The molecule has 13 unspecified atom stereocenters. The molecule has 0 aliphatic heterocycles. The molecule has 4 saturated carbocycles. The summed E-state index contributed by atoms with van der Waals surface area (Å²) < 4.78 is 0. The number of benzene rings is 8. The predicted octanol–water partition coefficient (Wildman–Crippen LogP) is 21.8. The van der Waals surface area contributed by atoms with Gasteiger partial charge in [0.15, 0.2) is 0 Å². The summed E-state index contributed by atoms with van der Waals surface area (Å²) in [5.41, 5.74) is 20.5. The molecule has 8 aromatic carbocycles. The molecule has 11 aliphatic carbocycles. The highest BCUT2D eigenvalue weighted by atomic mass is 14.6. The lowest BCUT2D eigenvalue weighted by Gasteiger charge is -2.51. The zero-order valence-corrected chi connectivity index (χ0v) is 50.8. The van der Waals surface area contributed by atoms with Crippen molar-refractivity contribution in [2.24, 2.45) is 76.9 Å². The van der Waals surface area contributed by atoms with Crippen LogP contribution in [0.15, 0.2) is 255 Å². The molecule has 0 aromatic heterocycles. The molecule has 19 rings (SSSR count). The van der Waals surface area contributed by atoms with Crippen molar-refractivity contribution in [3.8, 4) is 33.4 Å². The minimum atomic E-state index is 0.646. The lowest BCUT2D eigenvalue weighted by Crippen LogP contribution is -2.41. The van der Waals surface area contributed by atoms with Gasteiger partial charge in [0.25, 0.3) is 0 Å². The van der Waals surface area contributed by atoms with Gasteiger partial charge in [-0.1, -0.05) is 262 Å². The number of aryl methyl sites for hydroxylation is 4. The average Bonchev–Trinajstić information content (AvgIpc) is 2.12. The van der Waals surface area contributed by atoms with Gasteiger partial charge >= 0.3 is 0 Å². The third kappa shape index (κ3) is 11.4. The Kier molecular flexibility index (Phi) is 16.0. The van der Waals surface area contributed by atoms with Gasteiger partial charge in [0.1, 0.15) is 0 Å². The lowest BCUT2D eigenvalue weighted by molar-refractivity contribution is 0.214. The Labute approximate surface area is 515 Å². The second-order valence-corrected chi connectivity index (χ2v) is 27.9. The van der Waals surface area contributed by atoms with Gasteiger partial charge in [-0.15, -0.1) is 0 Å². The number of hydrogen-bond donors (Lipinski definition) is 0. The molecule has 0 heteroatoms. The normalized spacial score (nSPS) is 29.4. The van der Waals surface area contributed by atoms with E-state index >= 15 is 0 Å². The van der Waals surface area contributed by atoms with Gasteiger partial charge in [0.2, 0.25) is 0 Å². The summed E-state index contributed by atoms with van der Waals surface area (Å²) in [6.45, 7) is 2.20. The minimum absolute atomic E-state index is 0.646. The number of rotatable bonds is 13. The van der Waals surface area contributed by atoms with Crippen molar-refractivity contribution in [2.75, 3.05) is 0 Å². The van der Waals surface area contributed by atoms with Crippen molar-refractivity contribution < 1.29 is 0 Å². The van der Waals surface area contributed by atoms with Gasteiger partial charge in [0, 0.05) is 11.8 Å². The van der Waals surface area contributed by atoms with Gasteiger partial charge in [-0.2, -0.15) is 0 Å². The quantitative estimate of drug-likeness (QED) is 0.101. The number of fused-ring (bicyclic) bond motifs is 8. The molecule has 0 saturated heterocycles. The van der Waals surface area contributed by atoms with Crippen LogP contribution in [0.5, 0.6) is 0 Å². The first-order chi connectivity index (χ1) is 42.5. The van der Waals surface area contributed by atoms with Crippen LogP contribution >= 0.6 is 0 Å². The predicted molar refractivity (Wildman–Crippen MR) is 361 cm³/mol. The highest BCUT2D eigenvalue weighted by Gasteiger charge is 2.58. The van der Waals surface area contributed by atoms with Crippen LogP contribution in [0.4, 0.5) is 0 Å². The molecule has 0 spiro atoms. The van der Waals surface area contributed by atoms with Crippen LogP contribution in [-0.4, -0.2) is 0 Å². The van der Waals surface area contributed by atoms with Crippen LogP contribution in [0.2, 0.25) is 0 Å². The molecule has 0 amide bonds. The molecule has 4 fully saturated rings. The maximum absolute atomic E-state index is 2.53. The van der Waals surface area contributed by atoms with E-state index in [0.717, 1.165) is 83.4 Å². The Balaban J connectivity index is 0.0000000969. The van der Waals surface area contributed by atoms with Crippen LogP contribution in [0.3, 0.4) is 0 Å². The molecule has 8 aromatic rings. The van der Waals surface area contributed by atoms with Crippen LogP contribution in [0.25, 0.3) is 33.4 Å². The standard InChI is InChI=1S/C23H26.C21H18.2C21H22/c1-2-17-3-9-20(10-4-17)21-11-5-18(6-12-21)7-13-22-15-19-8-14-23(22)16-19;1-2-6-15-14(5-1)20-16-7-3-4-8-17(16)21(15)19-13-10-9-12(11-13)18(19)20;1-2-6-17(7-3-1)21-9-5-4-8-18(21)12-13-20-15-16-10-11-19(20)14-16;1-2-4-18(5-3-1)19-10-6-16(7-11-19)8-12-20-14-17-9-13-21(20)15-17/h3-6,8-12,14,19,22-23H,2,7,13,15-16H2,1H3;1-10,12-13,18-21H,11H2;1-11,16,19-20H,12-15H2;1-7,9-11,13,17,20-21H,8,12,14-15H2. The van der Waals surface area contributed by atoms with Gasteiger partial charge in [0.05, 0.1) is 0 Å². The van der Waals surface area contributed by atoms with Gasteiger partial charge in [-0.25, -0.2) is 0 Å². The van der Waals surface area contributed by atoms with Gasteiger partial charge in [-0.05, 0) is 245 Å². The van der Waals surface area contributed by atoms with E-state index in [1.54, 1.807) is 22.3 Å². The maximum Gasteiger partial charge on any atom is 0.0132 e. The largest absolute Gasteiger partial charge is 0.0851 e. The fourth-order valence-corrected chi connectivity index (χ4v) is 18.8. The summed E-state index contributed by atoms with van der Waals surface area (Å²) in [6, 6.07) is 76.3. The smallest absolute Gasteiger partial charge is 0.0132 e. The Morgan fingerprint density at radius 2 is 0.628 bits per heavy atom. The summed E-state index contributed by atoms with van der Waals surface area (Å²) in [6.07, 6.45) is 38.6. The highest BCUT2D eigenvalue weighted by Crippen LogP contribution is 2.68. The third-order valence-electron chi connectivity index (χ3n) is 23.1. The van der Waals surface area contributed by atoms with E-state index in [9.17, 15) is 0 Å². The molecule has 0 heterocycles. The molecular formula is C86H88. The first-order valence-electron chi connectivity index (χ1n) is 33.9. The summed E-state index contributed by atoms with van der Waals surface area (Å²) in [7, 11) is 0. The van der Waals surface area contributed by atoms with Crippen molar-refractivity contribution in [2.45, 2.75) is 109 Å². The summed E-state index contributed by atoms with van der Waals surface area (Å²) in [4.78, 5) is 0. The topological polar surface area (TPSA) is 0 Å². The Bertz CT molecular complexity index is 3590. The molecule has 11 aliphatic rings. The molecule has 0 N–H and O–H groups in total. The van der Waals surface area contributed by atoms with Gasteiger partial charge in [-0.3, -0.25) is 0 Å². The Morgan fingerprint density at radius 1 is 0.279 bits per heavy atom. The molecule has 0 nitrogen and oxygen atoms in total. The second-order valence-electron chi connectivity index (χ2n) is 27.9. The fourth-order valence-electron chi connectivity index (χ4n) is 18.8.